The second-order valence-electron chi connectivity index (χ2n) is 7.22. The number of carbonyl (C=O) groups excluding carboxylic acids is 2. The van der Waals surface area contributed by atoms with Gasteiger partial charge in [0.15, 0.2) is 6.61 Å². The number of hydrogen-bond acceptors (Lipinski definition) is 5. The third-order valence-electron chi connectivity index (χ3n) is 4.88. The predicted molar refractivity (Wildman–Crippen MR) is 113 cm³/mol. The maximum absolute atomic E-state index is 12.9. The molecule has 0 radical (unpaired) electrons. The number of anilines is 1. The van der Waals surface area contributed by atoms with Gasteiger partial charge in [0, 0.05) is 18.8 Å². The second-order valence-corrected chi connectivity index (χ2v) is 9.16. The van der Waals surface area contributed by atoms with Gasteiger partial charge in [-0.2, -0.15) is 4.31 Å². The van der Waals surface area contributed by atoms with Crippen LogP contribution >= 0.6 is 0 Å². The highest BCUT2D eigenvalue weighted by molar-refractivity contribution is 7.89. The van der Waals surface area contributed by atoms with E-state index < -0.39 is 28.5 Å². The summed E-state index contributed by atoms with van der Waals surface area (Å²) in [5.41, 5.74) is 1.14. The average Bonchev–Trinajstić information content (AvgIpc) is 3.03. The van der Waals surface area contributed by atoms with Gasteiger partial charge in [0.2, 0.25) is 10.0 Å². The van der Waals surface area contributed by atoms with Gasteiger partial charge in [0.05, 0.1) is 11.3 Å². The number of esters is 1. The molecule has 2 aromatic carbocycles. The molecular formula is C22H26N2O5S. The molecule has 0 bridgehead atoms. The quantitative estimate of drug-likeness (QED) is 0.682. The first-order valence-corrected chi connectivity index (χ1v) is 11.5. The molecule has 0 unspecified atom stereocenters. The Morgan fingerprint density at radius 1 is 0.933 bits per heavy atom. The first kappa shape index (κ1) is 22.0. The van der Waals surface area contributed by atoms with Crippen LogP contribution in [0.3, 0.4) is 0 Å². The fraction of sp³-hybridized carbons (Fsp3) is 0.364. The molecule has 0 aliphatic carbocycles. The van der Waals surface area contributed by atoms with Gasteiger partial charge in [-0.25, -0.2) is 8.42 Å². The zero-order valence-electron chi connectivity index (χ0n) is 16.7. The molecule has 8 heteroatoms. The second kappa shape index (κ2) is 10.4. The third-order valence-corrected chi connectivity index (χ3v) is 6.77. The summed E-state index contributed by atoms with van der Waals surface area (Å²) in [4.78, 5) is 24.1. The number of carbonyl (C=O) groups is 2. The lowest BCUT2D eigenvalue weighted by Crippen LogP contribution is -2.32. The topological polar surface area (TPSA) is 92.8 Å². The fourth-order valence-corrected chi connectivity index (χ4v) is 4.89. The Hall–Kier alpha value is -2.71. The molecule has 0 spiro atoms. The zero-order chi connectivity index (χ0) is 21.4. The number of benzene rings is 2. The van der Waals surface area contributed by atoms with Crippen molar-refractivity contribution in [1.29, 1.82) is 0 Å². The van der Waals surface area contributed by atoms with Crippen molar-refractivity contribution in [3.63, 3.8) is 0 Å². The Kier molecular flexibility index (Phi) is 7.59. The van der Waals surface area contributed by atoms with Gasteiger partial charge in [-0.15, -0.1) is 0 Å². The highest BCUT2D eigenvalue weighted by atomic mass is 32.2. The smallest absolute Gasteiger partial charge is 0.310 e. The van der Waals surface area contributed by atoms with Crippen molar-refractivity contribution in [2.75, 3.05) is 25.0 Å². The zero-order valence-corrected chi connectivity index (χ0v) is 17.6. The van der Waals surface area contributed by atoms with Crippen molar-refractivity contribution in [3.8, 4) is 0 Å². The van der Waals surface area contributed by atoms with Gasteiger partial charge in [0.1, 0.15) is 0 Å². The highest BCUT2D eigenvalue weighted by Gasteiger charge is 2.25. The number of rotatable bonds is 7. The maximum Gasteiger partial charge on any atom is 0.310 e. The van der Waals surface area contributed by atoms with E-state index in [1.54, 1.807) is 24.3 Å². The molecule has 1 amide bonds. The molecule has 1 heterocycles. The Bertz CT molecular complexity index is 968. The minimum absolute atomic E-state index is 0.0810. The van der Waals surface area contributed by atoms with Crippen molar-refractivity contribution in [3.05, 3.63) is 60.2 Å². The minimum atomic E-state index is -3.61. The first-order valence-electron chi connectivity index (χ1n) is 10.0. The Morgan fingerprint density at radius 2 is 1.63 bits per heavy atom. The maximum atomic E-state index is 12.9. The molecule has 1 aliphatic heterocycles. The molecule has 160 valence electrons. The lowest BCUT2D eigenvalue weighted by Gasteiger charge is -2.20. The van der Waals surface area contributed by atoms with E-state index in [9.17, 15) is 18.0 Å². The van der Waals surface area contributed by atoms with Crippen LogP contribution in [0.5, 0.6) is 0 Å². The van der Waals surface area contributed by atoms with Crippen molar-refractivity contribution in [1.82, 2.24) is 4.31 Å². The largest absolute Gasteiger partial charge is 0.455 e. The molecule has 1 fully saturated rings. The molecule has 1 saturated heterocycles. The monoisotopic (exact) mass is 430 g/mol. The molecular weight excluding hydrogens is 404 g/mol. The normalized spacial score (nSPS) is 15.2. The van der Waals surface area contributed by atoms with E-state index in [0.717, 1.165) is 31.2 Å². The van der Waals surface area contributed by atoms with Crippen LogP contribution in [0.1, 0.15) is 31.2 Å². The van der Waals surface area contributed by atoms with Crippen molar-refractivity contribution >= 4 is 27.6 Å². The lowest BCUT2D eigenvalue weighted by atomic mass is 10.2. The summed E-state index contributed by atoms with van der Waals surface area (Å²) in [6.45, 7) is 0.585. The van der Waals surface area contributed by atoms with Crippen molar-refractivity contribution in [2.45, 2.75) is 37.0 Å². The molecule has 0 saturated carbocycles. The molecule has 3 rings (SSSR count). The van der Waals surface area contributed by atoms with E-state index in [2.05, 4.69) is 5.32 Å². The summed E-state index contributed by atoms with van der Waals surface area (Å²) >= 11 is 0. The number of amides is 1. The molecule has 1 N–H and O–H groups in total. The van der Waals surface area contributed by atoms with Gasteiger partial charge in [-0.05, 0) is 36.6 Å². The summed E-state index contributed by atoms with van der Waals surface area (Å²) in [6, 6.07) is 15.2. The molecule has 0 atom stereocenters. The first-order chi connectivity index (χ1) is 14.4. The molecule has 1 aliphatic rings. The lowest BCUT2D eigenvalue weighted by molar-refractivity contribution is -0.146. The van der Waals surface area contributed by atoms with Crippen LogP contribution in [0.4, 0.5) is 5.69 Å². The Balaban J connectivity index is 1.56. The minimum Gasteiger partial charge on any atom is -0.455 e. The summed E-state index contributed by atoms with van der Waals surface area (Å²) < 4.78 is 32.3. The molecule has 2 aromatic rings. The predicted octanol–water partition coefficient (Wildman–Crippen LogP) is 2.98. The number of sulfonamides is 1. The van der Waals surface area contributed by atoms with Crippen LogP contribution < -0.4 is 5.32 Å². The van der Waals surface area contributed by atoms with E-state index in [0.29, 0.717) is 18.8 Å². The number of nitrogens with zero attached hydrogens (tertiary/aromatic N) is 1. The number of nitrogens with one attached hydrogen (secondary N) is 1. The van der Waals surface area contributed by atoms with Crippen LogP contribution in [0.2, 0.25) is 0 Å². The molecule has 7 nitrogen and oxygen atoms in total. The van der Waals surface area contributed by atoms with E-state index in [-0.39, 0.29) is 11.3 Å². The van der Waals surface area contributed by atoms with Crippen LogP contribution in [0.15, 0.2) is 59.5 Å². The van der Waals surface area contributed by atoms with Gasteiger partial charge in [-0.3, -0.25) is 9.59 Å². The summed E-state index contributed by atoms with van der Waals surface area (Å²) in [5.74, 6) is -1.03. The van der Waals surface area contributed by atoms with Gasteiger partial charge in [0.25, 0.3) is 5.91 Å². The van der Waals surface area contributed by atoms with E-state index in [1.807, 2.05) is 18.2 Å². The standard InChI is InChI=1S/C22H26N2O5S/c25-21(17-29-22(26)15-18-9-4-3-5-10-18)23-19-11-8-12-20(16-19)30(27,28)24-13-6-1-2-7-14-24/h3-5,8-12,16H,1-2,6-7,13-15,17H2,(H,23,25). The third kappa shape index (κ3) is 6.14. The molecule has 30 heavy (non-hydrogen) atoms. The summed E-state index contributed by atoms with van der Waals surface area (Å²) in [5, 5.41) is 2.59. The molecule has 0 aromatic heterocycles. The van der Waals surface area contributed by atoms with Crippen LogP contribution in [-0.2, 0) is 30.8 Å². The summed E-state index contributed by atoms with van der Waals surface area (Å²) in [6.07, 6.45) is 3.85. The highest BCUT2D eigenvalue weighted by Crippen LogP contribution is 2.22. The van der Waals surface area contributed by atoms with Gasteiger partial charge >= 0.3 is 5.97 Å². The van der Waals surface area contributed by atoms with E-state index in [1.165, 1.54) is 16.4 Å². The Labute approximate surface area is 177 Å². The van der Waals surface area contributed by atoms with Crippen LogP contribution in [-0.4, -0.2) is 44.3 Å². The van der Waals surface area contributed by atoms with Gasteiger partial charge < -0.3 is 10.1 Å². The van der Waals surface area contributed by atoms with Crippen LogP contribution in [0.25, 0.3) is 0 Å². The van der Waals surface area contributed by atoms with E-state index >= 15 is 0 Å². The van der Waals surface area contributed by atoms with Crippen LogP contribution in [0, 0.1) is 0 Å². The van der Waals surface area contributed by atoms with Gasteiger partial charge in [-0.1, -0.05) is 49.2 Å². The SMILES string of the molecule is O=C(COC(=O)Cc1ccccc1)Nc1cccc(S(=O)(=O)N2CCCCCC2)c1. The fourth-order valence-electron chi connectivity index (χ4n) is 3.32. The summed E-state index contributed by atoms with van der Waals surface area (Å²) in [7, 11) is -3.61. The Morgan fingerprint density at radius 3 is 2.33 bits per heavy atom. The van der Waals surface area contributed by atoms with Crippen molar-refractivity contribution in [2.24, 2.45) is 0 Å². The average molecular weight is 431 g/mol. The van der Waals surface area contributed by atoms with E-state index in [4.69, 9.17) is 4.74 Å². The van der Waals surface area contributed by atoms with Crippen molar-refractivity contribution < 1.29 is 22.7 Å². The number of ether oxygens (including phenoxy) is 1. The number of hydrogen-bond donors (Lipinski definition) is 1.